The molecule has 0 radical (unpaired) electrons. The second kappa shape index (κ2) is 7.63. The third-order valence-electron chi connectivity index (χ3n) is 4.00. The molecule has 0 spiro atoms. The van der Waals surface area contributed by atoms with E-state index >= 15 is 0 Å². The Hall–Kier alpha value is -2.78. The largest absolute Gasteiger partial charge is 0.484 e. The lowest BCUT2D eigenvalue weighted by Gasteiger charge is -2.34. The van der Waals surface area contributed by atoms with Gasteiger partial charge in [0.15, 0.2) is 6.61 Å². The third-order valence-corrected chi connectivity index (χ3v) is 4.00. The third kappa shape index (κ3) is 4.64. The molecule has 3 rings (SSSR count). The average molecular weight is 369 g/mol. The molecule has 2 N–H and O–H groups in total. The van der Waals surface area contributed by atoms with E-state index in [1.807, 2.05) is 0 Å². The molecule has 1 aromatic carbocycles. The molecular weight excluding hydrogens is 351 g/mol. The van der Waals surface area contributed by atoms with Crippen LogP contribution in [0.3, 0.4) is 0 Å². The zero-order valence-corrected chi connectivity index (χ0v) is 13.8. The monoisotopic (exact) mass is 369 g/mol. The Kier molecular flexibility index (Phi) is 5.29. The van der Waals surface area contributed by atoms with Crippen LogP contribution in [0.2, 0.25) is 0 Å². The fourth-order valence-corrected chi connectivity index (χ4v) is 2.86. The molecule has 0 aliphatic carbocycles. The Labute approximate surface area is 147 Å². The second-order valence-electron chi connectivity index (χ2n) is 5.94. The normalized spacial score (nSPS) is 17.8. The molecule has 1 saturated heterocycles. The van der Waals surface area contributed by atoms with E-state index in [1.54, 1.807) is 11.0 Å². The second-order valence-corrected chi connectivity index (χ2v) is 5.94. The van der Waals surface area contributed by atoms with Crippen LogP contribution in [0.5, 0.6) is 5.75 Å². The van der Waals surface area contributed by atoms with E-state index < -0.39 is 12.8 Å². The number of benzene rings is 1. The average Bonchev–Trinajstić information content (AvgIpc) is 3.14. The van der Waals surface area contributed by atoms with E-state index in [9.17, 15) is 18.0 Å². The van der Waals surface area contributed by atoms with Gasteiger partial charge in [0.1, 0.15) is 17.9 Å². The number of H-pyrrole nitrogens is 1. The van der Waals surface area contributed by atoms with Crippen LogP contribution in [0.1, 0.15) is 31.1 Å². The van der Waals surface area contributed by atoms with Gasteiger partial charge < -0.3 is 15.0 Å². The first kappa shape index (κ1) is 18.0. The number of amides is 2. The molecular formula is C16H18F3N5O2. The lowest BCUT2D eigenvalue weighted by Crippen LogP contribution is -2.41. The molecule has 1 aromatic heterocycles. The van der Waals surface area contributed by atoms with Crippen LogP contribution in [0, 0.1) is 0 Å². The molecule has 2 amide bonds. The number of carbonyl (C=O) groups excluding carboxylic acids is 1. The Morgan fingerprint density at radius 3 is 2.96 bits per heavy atom. The summed E-state index contributed by atoms with van der Waals surface area (Å²) in [6.45, 7) is -0.828. The SMILES string of the molecule is O=C(Nc1cccc(OCC(F)(F)F)c1)N1CCCC[C@H]1c1ncn[nH]1. The minimum atomic E-state index is -4.42. The number of anilines is 1. The summed E-state index contributed by atoms with van der Waals surface area (Å²) in [6, 6.07) is 5.31. The van der Waals surface area contributed by atoms with Gasteiger partial charge in [-0.25, -0.2) is 9.78 Å². The van der Waals surface area contributed by atoms with Gasteiger partial charge in [-0.05, 0) is 31.4 Å². The highest BCUT2D eigenvalue weighted by Crippen LogP contribution is 2.29. The summed E-state index contributed by atoms with van der Waals surface area (Å²) >= 11 is 0. The fourth-order valence-electron chi connectivity index (χ4n) is 2.86. The molecule has 2 aromatic rings. The molecule has 7 nitrogen and oxygen atoms in total. The minimum Gasteiger partial charge on any atom is -0.484 e. The van der Waals surface area contributed by atoms with Crippen molar-refractivity contribution in [2.75, 3.05) is 18.5 Å². The smallest absolute Gasteiger partial charge is 0.422 e. The summed E-state index contributed by atoms with van der Waals surface area (Å²) < 4.78 is 41.5. The van der Waals surface area contributed by atoms with Crippen molar-refractivity contribution < 1.29 is 22.7 Å². The summed E-state index contributed by atoms with van der Waals surface area (Å²) in [5.74, 6) is 0.646. The summed E-state index contributed by atoms with van der Waals surface area (Å²) in [5, 5.41) is 9.32. The topological polar surface area (TPSA) is 83.1 Å². The lowest BCUT2D eigenvalue weighted by atomic mass is 10.0. The molecule has 0 unspecified atom stereocenters. The highest BCUT2D eigenvalue weighted by molar-refractivity contribution is 5.89. The van der Waals surface area contributed by atoms with E-state index in [0.29, 0.717) is 18.1 Å². The van der Waals surface area contributed by atoms with Crippen LogP contribution >= 0.6 is 0 Å². The van der Waals surface area contributed by atoms with Crippen molar-refractivity contribution >= 4 is 11.7 Å². The molecule has 140 valence electrons. The number of hydrogen-bond donors (Lipinski definition) is 2. The van der Waals surface area contributed by atoms with Crippen molar-refractivity contribution in [2.45, 2.75) is 31.5 Å². The number of nitrogens with zero attached hydrogens (tertiary/aromatic N) is 3. The predicted molar refractivity (Wildman–Crippen MR) is 86.7 cm³/mol. The number of carbonyl (C=O) groups is 1. The summed E-state index contributed by atoms with van der Waals surface area (Å²) in [7, 11) is 0. The molecule has 1 aliphatic heterocycles. The number of piperidine rings is 1. The first-order chi connectivity index (χ1) is 12.4. The van der Waals surface area contributed by atoms with Crippen molar-refractivity contribution in [3.8, 4) is 5.75 Å². The van der Waals surface area contributed by atoms with Crippen molar-refractivity contribution in [1.82, 2.24) is 20.1 Å². The Morgan fingerprint density at radius 1 is 1.38 bits per heavy atom. The molecule has 1 aliphatic rings. The van der Waals surface area contributed by atoms with Gasteiger partial charge in [0.05, 0.1) is 6.04 Å². The quantitative estimate of drug-likeness (QED) is 0.864. The number of hydrogen-bond acceptors (Lipinski definition) is 4. The number of urea groups is 1. The zero-order chi connectivity index (χ0) is 18.6. The maximum absolute atomic E-state index is 12.6. The summed E-state index contributed by atoms with van der Waals surface area (Å²) in [5.41, 5.74) is 0.358. The van der Waals surface area contributed by atoms with Crippen LogP contribution in [-0.4, -0.2) is 45.4 Å². The summed E-state index contributed by atoms with van der Waals surface area (Å²) in [4.78, 5) is 18.4. The summed E-state index contributed by atoms with van der Waals surface area (Å²) in [6.07, 6.45) is -0.432. The number of halogens is 3. The van der Waals surface area contributed by atoms with Gasteiger partial charge in [0.2, 0.25) is 0 Å². The molecule has 10 heteroatoms. The number of nitrogens with one attached hydrogen (secondary N) is 2. The lowest BCUT2D eigenvalue weighted by molar-refractivity contribution is -0.153. The Morgan fingerprint density at radius 2 is 2.23 bits per heavy atom. The van der Waals surface area contributed by atoms with Crippen LogP contribution in [0.4, 0.5) is 23.7 Å². The van der Waals surface area contributed by atoms with Crippen molar-refractivity contribution in [2.24, 2.45) is 0 Å². The molecule has 2 heterocycles. The van der Waals surface area contributed by atoms with Crippen molar-refractivity contribution in [3.63, 3.8) is 0 Å². The number of alkyl halides is 3. The van der Waals surface area contributed by atoms with Crippen molar-refractivity contribution in [3.05, 3.63) is 36.4 Å². The van der Waals surface area contributed by atoms with Gasteiger partial charge in [-0.3, -0.25) is 5.10 Å². The predicted octanol–water partition coefficient (Wildman–Crippen LogP) is 3.50. The number of aromatic amines is 1. The van der Waals surface area contributed by atoms with Crippen molar-refractivity contribution in [1.29, 1.82) is 0 Å². The van der Waals surface area contributed by atoms with Crippen LogP contribution in [0.15, 0.2) is 30.6 Å². The maximum Gasteiger partial charge on any atom is 0.422 e. The molecule has 26 heavy (non-hydrogen) atoms. The van der Waals surface area contributed by atoms with E-state index in [1.165, 1.54) is 24.5 Å². The Bertz CT molecular complexity index is 736. The van der Waals surface area contributed by atoms with Gasteiger partial charge in [-0.1, -0.05) is 6.07 Å². The van der Waals surface area contributed by atoms with Gasteiger partial charge in [0.25, 0.3) is 0 Å². The highest BCUT2D eigenvalue weighted by atomic mass is 19.4. The number of likely N-dealkylation sites (tertiary alicyclic amines) is 1. The van der Waals surface area contributed by atoms with E-state index in [0.717, 1.165) is 19.3 Å². The molecule has 1 atom stereocenters. The van der Waals surface area contributed by atoms with Gasteiger partial charge in [-0.15, -0.1) is 0 Å². The van der Waals surface area contributed by atoms with Crippen LogP contribution in [-0.2, 0) is 0 Å². The van der Waals surface area contributed by atoms with Crippen LogP contribution < -0.4 is 10.1 Å². The Balaban J connectivity index is 1.67. The molecule has 0 bridgehead atoms. The zero-order valence-electron chi connectivity index (χ0n) is 13.8. The standard InChI is InChI=1S/C16H18F3N5O2/c17-16(18,19)9-26-12-5-3-4-11(8-12)22-15(25)24-7-2-1-6-13(24)14-20-10-21-23-14/h3-5,8,10,13H,1-2,6-7,9H2,(H,22,25)(H,20,21,23)/t13-/m0/s1. The number of ether oxygens (including phenoxy) is 1. The number of rotatable bonds is 4. The first-order valence-corrected chi connectivity index (χ1v) is 8.15. The fraction of sp³-hybridized carbons (Fsp3) is 0.438. The number of aromatic nitrogens is 3. The molecule has 0 saturated carbocycles. The van der Waals surface area contributed by atoms with Gasteiger partial charge in [0, 0.05) is 18.3 Å². The minimum absolute atomic E-state index is 0.0329. The van der Waals surface area contributed by atoms with E-state index in [-0.39, 0.29) is 17.8 Å². The van der Waals surface area contributed by atoms with E-state index in [4.69, 9.17) is 4.74 Å². The highest BCUT2D eigenvalue weighted by Gasteiger charge is 2.30. The first-order valence-electron chi connectivity index (χ1n) is 8.15. The van der Waals surface area contributed by atoms with E-state index in [2.05, 4.69) is 20.5 Å². The van der Waals surface area contributed by atoms with Crippen LogP contribution in [0.25, 0.3) is 0 Å². The molecule has 1 fully saturated rings. The maximum atomic E-state index is 12.6. The van der Waals surface area contributed by atoms with Gasteiger partial charge in [-0.2, -0.15) is 18.3 Å². The van der Waals surface area contributed by atoms with Gasteiger partial charge >= 0.3 is 12.2 Å².